The van der Waals surface area contributed by atoms with Crippen molar-refractivity contribution >= 4 is 5.82 Å². The highest BCUT2D eigenvalue weighted by atomic mass is 15.3. The summed E-state index contributed by atoms with van der Waals surface area (Å²) >= 11 is 0. The lowest BCUT2D eigenvalue weighted by Gasteiger charge is -2.05. The number of hydrogen-bond donors (Lipinski definition) is 1. The van der Waals surface area contributed by atoms with Crippen molar-refractivity contribution < 1.29 is 0 Å². The van der Waals surface area contributed by atoms with Crippen molar-refractivity contribution in [3.63, 3.8) is 0 Å². The molecule has 1 aromatic carbocycles. The van der Waals surface area contributed by atoms with Gasteiger partial charge < -0.3 is 5.32 Å². The van der Waals surface area contributed by atoms with E-state index in [1.54, 1.807) is 6.20 Å². The number of aromatic nitrogens is 4. The van der Waals surface area contributed by atoms with Gasteiger partial charge in [0, 0.05) is 24.5 Å². The minimum atomic E-state index is 0.683. The minimum absolute atomic E-state index is 0.683. The molecule has 0 spiro atoms. The summed E-state index contributed by atoms with van der Waals surface area (Å²) in [6.45, 7) is 4.64. The van der Waals surface area contributed by atoms with Crippen LogP contribution >= 0.6 is 0 Å². The van der Waals surface area contributed by atoms with Gasteiger partial charge in [-0.2, -0.15) is 5.10 Å². The molecule has 3 rings (SSSR count). The molecule has 0 bridgehead atoms. The normalized spacial score (nSPS) is 10.6. The third-order valence-electron chi connectivity index (χ3n) is 3.25. The van der Waals surface area contributed by atoms with Gasteiger partial charge in [-0.05, 0) is 31.5 Å². The standard InChI is InChI=1S/C16H17N5/c1-12-5-3-4-6-15(12)21-11-14(10-19-21)9-18-16-7-8-17-13(2)20-16/h3-8,10-11H,9H2,1-2H3,(H,17,18,20). The number of aryl methyl sites for hydroxylation is 2. The molecular formula is C16H17N5. The predicted octanol–water partition coefficient (Wildman–Crippen LogP) is 2.89. The number of para-hydroxylation sites is 1. The van der Waals surface area contributed by atoms with Gasteiger partial charge in [-0.25, -0.2) is 14.6 Å². The Labute approximate surface area is 123 Å². The zero-order valence-electron chi connectivity index (χ0n) is 12.1. The molecular weight excluding hydrogens is 262 g/mol. The fraction of sp³-hybridized carbons (Fsp3) is 0.188. The molecule has 0 amide bonds. The maximum absolute atomic E-state index is 4.42. The number of anilines is 1. The van der Waals surface area contributed by atoms with Gasteiger partial charge in [-0.1, -0.05) is 18.2 Å². The van der Waals surface area contributed by atoms with Gasteiger partial charge in [0.2, 0.25) is 0 Å². The Morgan fingerprint density at radius 3 is 2.81 bits per heavy atom. The molecule has 0 atom stereocenters. The molecule has 1 N–H and O–H groups in total. The molecule has 0 saturated heterocycles. The average molecular weight is 279 g/mol. The Bertz CT molecular complexity index is 748. The average Bonchev–Trinajstić information content (AvgIpc) is 2.94. The van der Waals surface area contributed by atoms with E-state index in [1.807, 2.05) is 42.2 Å². The molecule has 5 heteroatoms. The number of hydrogen-bond acceptors (Lipinski definition) is 4. The van der Waals surface area contributed by atoms with Crippen molar-refractivity contribution in [2.75, 3.05) is 5.32 Å². The van der Waals surface area contributed by atoms with Gasteiger partial charge >= 0.3 is 0 Å². The van der Waals surface area contributed by atoms with Gasteiger partial charge in [-0.3, -0.25) is 0 Å². The van der Waals surface area contributed by atoms with Crippen LogP contribution in [0.1, 0.15) is 17.0 Å². The number of rotatable bonds is 4. The van der Waals surface area contributed by atoms with E-state index < -0.39 is 0 Å². The highest BCUT2D eigenvalue weighted by molar-refractivity contribution is 5.40. The van der Waals surface area contributed by atoms with Crippen LogP contribution in [0.2, 0.25) is 0 Å². The molecule has 0 radical (unpaired) electrons. The van der Waals surface area contributed by atoms with Crippen LogP contribution in [-0.2, 0) is 6.54 Å². The first-order chi connectivity index (χ1) is 10.2. The quantitative estimate of drug-likeness (QED) is 0.798. The summed E-state index contributed by atoms with van der Waals surface area (Å²) in [4.78, 5) is 8.40. The van der Waals surface area contributed by atoms with Crippen molar-refractivity contribution in [2.45, 2.75) is 20.4 Å². The molecule has 0 aliphatic carbocycles. The van der Waals surface area contributed by atoms with Gasteiger partial charge in [-0.15, -0.1) is 0 Å². The molecule has 0 fully saturated rings. The summed E-state index contributed by atoms with van der Waals surface area (Å²) in [5.74, 6) is 1.58. The van der Waals surface area contributed by atoms with Gasteiger partial charge in [0.15, 0.2) is 0 Å². The molecule has 5 nitrogen and oxygen atoms in total. The van der Waals surface area contributed by atoms with E-state index in [4.69, 9.17) is 0 Å². The van der Waals surface area contributed by atoms with E-state index in [-0.39, 0.29) is 0 Å². The summed E-state index contributed by atoms with van der Waals surface area (Å²) in [6.07, 6.45) is 5.65. The van der Waals surface area contributed by atoms with Crippen LogP contribution in [0.4, 0.5) is 5.82 Å². The SMILES string of the molecule is Cc1nccc(NCc2cnn(-c3ccccc3C)c2)n1. The largest absolute Gasteiger partial charge is 0.366 e. The Morgan fingerprint density at radius 1 is 1.14 bits per heavy atom. The van der Waals surface area contributed by atoms with E-state index in [0.29, 0.717) is 6.54 Å². The molecule has 106 valence electrons. The van der Waals surface area contributed by atoms with Crippen LogP contribution in [-0.4, -0.2) is 19.7 Å². The molecule has 2 aromatic heterocycles. The Hall–Kier alpha value is -2.69. The topological polar surface area (TPSA) is 55.6 Å². The molecule has 0 aliphatic heterocycles. The Kier molecular flexibility index (Phi) is 3.64. The van der Waals surface area contributed by atoms with E-state index in [1.165, 1.54) is 5.56 Å². The molecule has 21 heavy (non-hydrogen) atoms. The van der Waals surface area contributed by atoms with Crippen LogP contribution < -0.4 is 5.32 Å². The molecule has 0 unspecified atom stereocenters. The van der Waals surface area contributed by atoms with Crippen molar-refractivity contribution in [3.8, 4) is 5.69 Å². The maximum Gasteiger partial charge on any atom is 0.129 e. The monoisotopic (exact) mass is 279 g/mol. The maximum atomic E-state index is 4.42. The van der Waals surface area contributed by atoms with Gasteiger partial charge in [0.05, 0.1) is 11.9 Å². The molecule has 3 aromatic rings. The van der Waals surface area contributed by atoms with E-state index in [2.05, 4.69) is 39.4 Å². The summed E-state index contributed by atoms with van der Waals surface area (Å²) in [6, 6.07) is 10.1. The van der Waals surface area contributed by atoms with Crippen LogP contribution in [0.5, 0.6) is 0 Å². The second-order valence-electron chi connectivity index (χ2n) is 4.92. The zero-order valence-corrected chi connectivity index (χ0v) is 12.1. The van der Waals surface area contributed by atoms with E-state index in [9.17, 15) is 0 Å². The number of nitrogens with zero attached hydrogens (tertiary/aromatic N) is 4. The zero-order chi connectivity index (χ0) is 14.7. The summed E-state index contributed by atoms with van der Waals surface area (Å²) in [5.41, 5.74) is 3.41. The lowest BCUT2D eigenvalue weighted by atomic mass is 10.2. The fourth-order valence-corrected chi connectivity index (χ4v) is 2.15. The Balaban J connectivity index is 1.72. The molecule has 2 heterocycles. The van der Waals surface area contributed by atoms with Crippen molar-refractivity contribution in [1.29, 1.82) is 0 Å². The lowest BCUT2D eigenvalue weighted by Crippen LogP contribution is -2.02. The van der Waals surface area contributed by atoms with Gasteiger partial charge in [0.1, 0.15) is 11.6 Å². The van der Waals surface area contributed by atoms with Crippen molar-refractivity contribution in [3.05, 3.63) is 65.9 Å². The lowest BCUT2D eigenvalue weighted by molar-refractivity contribution is 0.872. The van der Waals surface area contributed by atoms with E-state index in [0.717, 1.165) is 22.9 Å². The minimum Gasteiger partial charge on any atom is -0.366 e. The van der Waals surface area contributed by atoms with Crippen molar-refractivity contribution in [1.82, 2.24) is 19.7 Å². The third-order valence-corrected chi connectivity index (χ3v) is 3.25. The van der Waals surface area contributed by atoms with Crippen LogP contribution in [0.15, 0.2) is 48.9 Å². The second kappa shape index (κ2) is 5.75. The van der Waals surface area contributed by atoms with Gasteiger partial charge in [0.25, 0.3) is 0 Å². The fourth-order valence-electron chi connectivity index (χ4n) is 2.15. The number of nitrogens with one attached hydrogen (secondary N) is 1. The summed E-state index contributed by atoms with van der Waals surface area (Å²) in [5, 5.41) is 7.70. The molecule has 0 aliphatic rings. The second-order valence-corrected chi connectivity index (χ2v) is 4.92. The van der Waals surface area contributed by atoms with Crippen LogP contribution in [0.3, 0.4) is 0 Å². The van der Waals surface area contributed by atoms with E-state index >= 15 is 0 Å². The molecule has 0 saturated carbocycles. The van der Waals surface area contributed by atoms with Crippen molar-refractivity contribution in [2.24, 2.45) is 0 Å². The van der Waals surface area contributed by atoms with Crippen LogP contribution in [0, 0.1) is 13.8 Å². The first kappa shape index (κ1) is 13.3. The smallest absolute Gasteiger partial charge is 0.129 e. The first-order valence-electron chi connectivity index (χ1n) is 6.85. The highest BCUT2D eigenvalue weighted by Gasteiger charge is 2.03. The Morgan fingerprint density at radius 2 is 2.00 bits per heavy atom. The number of benzene rings is 1. The first-order valence-corrected chi connectivity index (χ1v) is 6.85. The third kappa shape index (κ3) is 3.08. The summed E-state index contributed by atoms with van der Waals surface area (Å²) in [7, 11) is 0. The predicted molar refractivity (Wildman–Crippen MR) is 82.4 cm³/mol. The summed E-state index contributed by atoms with van der Waals surface area (Å²) < 4.78 is 1.90. The highest BCUT2D eigenvalue weighted by Crippen LogP contribution is 2.13. The van der Waals surface area contributed by atoms with Crippen LogP contribution in [0.25, 0.3) is 5.69 Å².